The lowest BCUT2D eigenvalue weighted by molar-refractivity contribution is -0.144. The van der Waals surface area contributed by atoms with Crippen molar-refractivity contribution in [3.63, 3.8) is 0 Å². The number of hydrogen-bond donors (Lipinski definition) is 1. The summed E-state index contributed by atoms with van der Waals surface area (Å²) in [5.74, 6) is -0.667. The van der Waals surface area contributed by atoms with Crippen LogP contribution >= 0.6 is 23.2 Å². The number of esters is 1. The van der Waals surface area contributed by atoms with Crippen molar-refractivity contribution in [1.82, 2.24) is 9.99 Å². The molecule has 0 saturated carbocycles. The summed E-state index contributed by atoms with van der Waals surface area (Å²) in [7, 11) is 1.17. The Hall–Kier alpha value is -2.56. The number of rotatable bonds is 4. The Kier molecular flexibility index (Phi) is 5.87. The van der Waals surface area contributed by atoms with Crippen molar-refractivity contribution in [2.75, 3.05) is 18.6 Å². The van der Waals surface area contributed by atoms with Gasteiger partial charge >= 0.3 is 12.1 Å². The first-order valence-corrected chi connectivity index (χ1v) is 8.75. The third kappa shape index (κ3) is 4.39. The number of anilines is 1. The van der Waals surface area contributed by atoms with E-state index in [2.05, 4.69) is 14.8 Å². The number of hydrogen-bond acceptors (Lipinski definition) is 7. The molecular formula is C17H13Cl2F3N4O3. The predicted molar refractivity (Wildman–Crippen MR) is 99.4 cm³/mol. The van der Waals surface area contributed by atoms with E-state index >= 15 is 0 Å². The normalized spacial score (nSPS) is 16.8. The zero-order valence-corrected chi connectivity index (χ0v) is 16.2. The fourth-order valence-corrected chi connectivity index (χ4v) is 3.05. The molecule has 3 rings (SSSR count). The van der Waals surface area contributed by atoms with Crippen LogP contribution in [0.4, 0.5) is 18.9 Å². The van der Waals surface area contributed by atoms with Gasteiger partial charge in [-0.25, -0.2) is 9.99 Å². The molecule has 0 amide bonds. The summed E-state index contributed by atoms with van der Waals surface area (Å²) in [5, 5.41) is 16.2. The second-order valence-electron chi connectivity index (χ2n) is 5.84. The Bertz CT molecular complexity index is 954. The standard InChI is InChI=1S/C17H13Cl2F3N4O3/c1-29-13(27)8-25-16(28)26(11-4-2-9(3-5-11)17(20,21)22)15(24-25)14-12(19)6-10(18)7-23-14/h2-7,16,28H,8H2,1H3. The van der Waals surface area contributed by atoms with Crippen LogP contribution in [-0.2, 0) is 15.7 Å². The molecule has 1 unspecified atom stereocenters. The molecule has 12 heteroatoms. The molecule has 7 nitrogen and oxygen atoms in total. The van der Waals surface area contributed by atoms with E-state index in [0.717, 1.165) is 29.3 Å². The summed E-state index contributed by atoms with van der Waals surface area (Å²) in [6.07, 6.45) is -4.74. The first-order chi connectivity index (χ1) is 13.6. The highest BCUT2D eigenvalue weighted by Gasteiger charge is 2.38. The highest BCUT2D eigenvalue weighted by atomic mass is 35.5. The van der Waals surface area contributed by atoms with Crippen LogP contribution in [0.5, 0.6) is 0 Å². The van der Waals surface area contributed by atoms with Crippen molar-refractivity contribution >= 4 is 40.7 Å². The largest absolute Gasteiger partial charge is 0.468 e. The van der Waals surface area contributed by atoms with E-state index in [0.29, 0.717) is 0 Å². The fraction of sp³-hybridized carbons (Fsp3) is 0.235. The monoisotopic (exact) mass is 448 g/mol. The highest BCUT2D eigenvalue weighted by molar-refractivity contribution is 6.37. The van der Waals surface area contributed by atoms with Crippen LogP contribution in [0.3, 0.4) is 0 Å². The number of carbonyl (C=O) groups excluding carboxylic acids is 1. The molecule has 1 atom stereocenters. The number of nitrogens with zero attached hydrogens (tertiary/aromatic N) is 4. The molecule has 1 aliphatic rings. The lowest BCUT2D eigenvalue weighted by Crippen LogP contribution is -2.44. The summed E-state index contributed by atoms with van der Waals surface area (Å²) in [6.45, 7) is -0.413. The summed E-state index contributed by atoms with van der Waals surface area (Å²) in [6, 6.07) is 5.44. The molecule has 0 saturated heterocycles. The second-order valence-corrected chi connectivity index (χ2v) is 6.69. The molecule has 1 aliphatic heterocycles. The number of methoxy groups -OCH3 is 1. The SMILES string of the molecule is COC(=O)CN1N=C(c2ncc(Cl)cc2Cl)N(c2ccc(C(F)(F)F)cc2)C1O. The minimum Gasteiger partial charge on any atom is -0.468 e. The molecule has 154 valence electrons. The quantitative estimate of drug-likeness (QED) is 0.722. The van der Waals surface area contributed by atoms with Crippen molar-refractivity contribution in [3.05, 3.63) is 57.8 Å². The van der Waals surface area contributed by atoms with Crippen molar-refractivity contribution in [2.24, 2.45) is 5.10 Å². The molecule has 0 aliphatic carbocycles. The van der Waals surface area contributed by atoms with Crippen LogP contribution in [0, 0.1) is 0 Å². The maximum absolute atomic E-state index is 12.9. The first-order valence-electron chi connectivity index (χ1n) is 8.00. The van der Waals surface area contributed by atoms with Crippen LogP contribution in [-0.4, -0.2) is 46.9 Å². The van der Waals surface area contributed by atoms with Crippen LogP contribution in [0.25, 0.3) is 0 Å². The Labute approximate surface area is 172 Å². The second kappa shape index (κ2) is 8.05. The molecule has 1 aromatic carbocycles. The van der Waals surface area contributed by atoms with E-state index < -0.39 is 30.6 Å². The zero-order chi connectivity index (χ0) is 21.3. The van der Waals surface area contributed by atoms with E-state index in [4.69, 9.17) is 23.2 Å². The number of amidine groups is 1. The summed E-state index contributed by atoms with van der Waals surface area (Å²) < 4.78 is 43.2. The van der Waals surface area contributed by atoms with Crippen LogP contribution in [0.2, 0.25) is 10.0 Å². The van der Waals surface area contributed by atoms with Gasteiger partial charge in [0.15, 0.2) is 5.84 Å². The third-order valence-electron chi connectivity index (χ3n) is 3.96. The van der Waals surface area contributed by atoms with Gasteiger partial charge in [-0.3, -0.25) is 9.69 Å². The van der Waals surface area contributed by atoms with Crippen molar-refractivity contribution < 1.29 is 27.8 Å². The number of ether oxygens (including phenoxy) is 1. The van der Waals surface area contributed by atoms with Gasteiger partial charge in [0.05, 0.1) is 22.7 Å². The number of pyridine rings is 1. The number of halogens is 5. The Morgan fingerprint density at radius 3 is 2.48 bits per heavy atom. The first kappa shape index (κ1) is 21.2. The Balaban J connectivity index is 2.04. The topological polar surface area (TPSA) is 78.3 Å². The highest BCUT2D eigenvalue weighted by Crippen LogP contribution is 2.33. The molecule has 0 fully saturated rings. The zero-order valence-electron chi connectivity index (χ0n) is 14.7. The van der Waals surface area contributed by atoms with Gasteiger partial charge in [0.25, 0.3) is 0 Å². The summed E-state index contributed by atoms with van der Waals surface area (Å²) in [4.78, 5) is 16.9. The molecule has 0 spiro atoms. The van der Waals surface area contributed by atoms with E-state index in [-0.39, 0.29) is 27.3 Å². The van der Waals surface area contributed by atoms with E-state index in [1.165, 1.54) is 24.3 Å². The van der Waals surface area contributed by atoms with Gasteiger partial charge in [-0.15, -0.1) is 0 Å². The van der Waals surface area contributed by atoms with E-state index in [9.17, 15) is 23.1 Å². The molecule has 29 heavy (non-hydrogen) atoms. The molecule has 2 aromatic rings. The van der Waals surface area contributed by atoms with E-state index in [1.807, 2.05) is 0 Å². The lowest BCUT2D eigenvalue weighted by atomic mass is 10.2. The van der Waals surface area contributed by atoms with Crippen molar-refractivity contribution in [3.8, 4) is 0 Å². The number of carbonyl (C=O) groups is 1. The van der Waals surface area contributed by atoms with Gasteiger partial charge in [0, 0.05) is 11.9 Å². The molecule has 2 heterocycles. The van der Waals surface area contributed by atoms with Crippen LogP contribution in [0.15, 0.2) is 41.6 Å². The molecule has 0 radical (unpaired) electrons. The van der Waals surface area contributed by atoms with Crippen molar-refractivity contribution in [1.29, 1.82) is 0 Å². The van der Waals surface area contributed by atoms with E-state index in [1.54, 1.807) is 0 Å². The number of aliphatic hydroxyl groups is 1. The minimum atomic E-state index is -4.52. The van der Waals surface area contributed by atoms with Crippen LogP contribution in [0.1, 0.15) is 11.3 Å². The predicted octanol–water partition coefficient (Wildman–Crippen LogP) is 3.34. The number of benzene rings is 1. The maximum Gasteiger partial charge on any atom is 0.416 e. The molecule has 0 bridgehead atoms. The van der Waals surface area contributed by atoms with Crippen LogP contribution < -0.4 is 4.90 Å². The average molecular weight is 449 g/mol. The number of aliphatic hydroxyl groups excluding tert-OH is 1. The summed E-state index contributed by atoms with van der Waals surface area (Å²) >= 11 is 12.0. The van der Waals surface area contributed by atoms with Gasteiger partial charge in [0.2, 0.25) is 6.35 Å². The average Bonchev–Trinajstić information content (AvgIpc) is 2.97. The molecular weight excluding hydrogens is 436 g/mol. The Morgan fingerprint density at radius 2 is 1.93 bits per heavy atom. The van der Waals surface area contributed by atoms with Gasteiger partial charge < -0.3 is 9.84 Å². The maximum atomic E-state index is 12.9. The lowest BCUT2D eigenvalue weighted by Gasteiger charge is -2.27. The summed E-state index contributed by atoms with van der Waals surface area (Å²) in [5.41, 5.74) is -0.575. The number of hydrazone groups is 1. The number of alkyl halides is 3. The third-order valence-corrected chi connectivity index (χ3v) is 4.45. The molecule has 1 aromatic heterocycles. The molecule has 1 N–H and O–H groups in total. The Morgan fingerprint density at radius 1 is 1.28 bits per heavy atom. The minimum absolute atomic E-state index is 0.0165. The van der Waals surface area contributed by atoms with Gasteiger partial charge in [-0.05, 0) is 30.3 Å². The van der Waals surface area contributed by atoms with Crippen molar-refractivity contribution in [2.45, 2.75) is 12.5 Å². The number of aromatic nitrogens is 1. The van der Waals surface area contributed by atoms with Gasteiger partial charge in [-0.1, -0.05) is 23.2 Å². The van der Waals surface area contributed by atoms with Gasteiger partial charge in [0.1, 0.15) is 12.2 Å². The smallest absolute Gasteiger partial charge is 0.416 e. The van der Waals surface area contributed by atoms with Gasteiger partial charge in [-0.2, -0.15) is 18.3 Å². The fourth-order valence-electron chi connectivity index (χ4n) is 2.59.